The van der Waals surface area contributed by atoms with Crippen LogP contribution in [0.5, 0.6) is 0 Å². The highest BCUT2D eigenvalue weighted by Gasteiger charge is 2.36. The van der Waals surface area contributed by atoms with Gasteiger partial charge in [0, 0.05) is 80.4 Å². The molecular formula is C44H38Cl2N8O9. The van der Waals surface area contributed by atoms with Crippen LogP contribution in [-0.2, 0) is 9.59 Å². The van der Waals surface area contributed by atoms with Crippen LogP contribution in [0.3, 0.4) is 0 Å². The maximum atomic E-state index is 13.0. The maximum Gasteiger partial charge on any atom is 0.338 e. The van der Waals surface area contributed by atoms with E-state index in [1.807, 2.05) is 12.1 Å². The number of nitrogens with one attached hydrogen (secondary N) is 2. The van der Waals surface area contributed by atoms with Crippen LogP contribution in [0.4, 0.5) is 0 Å². The number of carboxylic acid groups (broad SMARTS) is 1. The van der Waals surface area contributed by atoms with Crippen molar-refractivity contribution in [2.24, 2.45) is 0 Å². The number of carbonyl (C=O) groups excluding carboxylic acids is 7. The number of fused-ring (bicyclic) bond motifs is 2. The van der Waals surface area contributed by atoms with E-state index in [1.54, 1.807) is 72.2 Å². The van der Waals surface area contributed by atoms with Crippen molar-refractivity contribution in [1.82, 2.24) is 39.5 Å². The van der Waals surface area contributed by atoms with Crippen LogP contribution in [-0.4, -0.2) is 143 Å². The van der Waals surface area contributed by atoms with Crippen molar-refractivity contribution in [3.05, 3.63) is 129 Å². The van der Waals surface area contributed by atoms with Crippen LogP contribution < -0.4 is 0 Å². The van der Waals surface area contributed by atoms with Gasteiger partial charge in [0.2, 0.25) is 0 Å². The monoisotopic (exact) mass is 892 g/mol. The number of aromatic amines is 2. The minimum Gasteiger partial charge on any atom is -0.478 e. The Morgan fingerprint density at radius 3 is 1.49 bits per heavy atom. The van der Waals surface area contributed by atoms with Crippen molar-refractivity contribution < 1.29 is 43.5 Å². The summed E-state index contributed by atoms with van der Waals surface area (Å²) in [7, 11) is 0. The van der Waals surface area contributed by atoms with E-state index in [0.29, 0.717) is 36.0 Å². The average molecular weight is 894 g/mol. The molecule has 6 heterocycles. The molecule has 0 bridgehead atoms. The minimum atomic E-state index is -1.24. The third-order valence-electron chi connectivity index (χ3n) is 10.9. The lowest BCUT2D eigenvalue weighted by Gasteiger charge is -2.39. The molecule has 2 aliphatic rings. The first-order valence-corrected chi connectivity index (χ1v) is 20.4. The van der Waals surface area contributed by atoms with Crippen molar-refractivity contribution in [2.75, 3.05) is 39.3 Å². The number of aldehydes is 1. The fraction of sp³-hybridized carbons (Fsp3) is 0.227. The summed E-state index contributed by atoms with van der Waals surface area (Å²) >= 11 is 11.9. The first kappa shape index (κ1) is 43.8. The number of pyridine rings is 2. The van der Waals surface area contributed by atoms with E-state index in [-0.39, 0.29) is 99.2 Å². The predicted molar refractivity (Wildman–Crippen MR) is 230 cm³/mol. The Labute approximate surface area is 368 Å². The summed E-state index contributed by atoms with van der Waals surface area (Å²) in [5, 5.41) is 9.31. The molecule has 0 unspecified atom stereocenters. The second-order valence-electron chi connectivity index (χ2n) is 14.9. The smallest absolute Gasteiger partial charge is 0.338 e. The number of hydrogen-bond donors (Lipinski definition) is 3. The molecule has 322 valence electrons. The van der Waals surface area contributed by atoms with Gasteiger partial charge in [-0.3, -0.25) is 33.6 Å². The van der Waals surface area contributed by atoms with E-state index < -0.39 is 29.4 Å². The number of hydrogen-bond acceptors (Lipinski definition) is 10. The van der Waals surface area contributed by atoms with Gasteiger partial charge >= 0.3 is 5.97 Å². The van der Waals surface area contributed by atoms with Gasteiger partial charge in [-0.15, -0.1) is 0 Å². The number of halogens is 2. The topological polar surface area (TPSA) is 227 Å². The minimum absolute atomic E-state index is 0.0267. The molecule has 0 saturated carbocycles. The molecular weight excluding hydrogens is 855 g/mol. The van der Waals surface area contributed by atoms with Crippen LogP contribution >= 0.6 is 23.2 Å². The Hall–Kier alpha value is -7.24. The number of H-pyrrole nitrogens is 2. The third-order valence-corrected chi connectivity index (χ3v) is 11.3. The van der Waals surface area contributed by atoms with Crippen LogP contribution in [0.1, 0.15) is 76.0 Å². The van der Waals surface area contributed by atoms with Gasteiger partial charge in [-0.2, -0.15) is 0 Å². The molecule has 0 aliphatic carbocycles. The quantitative estimate of drug-likeness (QED) is 0.0793. The number of aromatic carboxylic acids is 1. The van der Waals surface area contributed by atoms with Crippen LogP contribution in [0.25, 0.3) is 22.1 Å². The highest BCUT2D eigenvalue weighted by atomic mass is 35.5. The zero-order valence-electron chi connectivity index (χ0n) is 33.7. The molecule has 3 N–H and O–H groups in total. The average Bonchev–Trinajstić information content (AvgIpc) is 3.92. The summed E-state index contributed by atoms with van der Waals surface area (Å²) in [6, 6.07) is 19.6. The summed E-state index contributed by atoms with van der Waals surface area (Å²) in [5.74, 6) is -4.47. The van der Waals surface area contributed by atoms with Gasteiger partial charge in [0.1, 0.15) is 21.3 Å². The zero-order chi connectivity index (χ0) is 45.1. The van der Waals surface area contributed by atoms with Gasteiger partial charge in [-0.25, -0.2) is 14.8 Å². The molecule has 17 nitrogen and oxygen atoms in total. The van der Waals surface area contributed by atoms with Gasteiger partial charge in [-0.05, 0) is 50.2 Å². The number of aromatic nitrogens is 4. The summed E-state index contributed by atoms with van der Waals surface area (Å²) in [4.78, 5) is 120. The lowest BCUT2D eigenvalue weighted by molar-refractivity contribution is -0.130. The van der Waals surface area contributed by atoms with E-state index in [9.17, 15) is 43.5 Å². The molecule has 2 aliphatic heterocycles. The molecule has 8 rings (SSSR count). The number of benzene rings is 2. The van der Waals surface area contributed by atoms with Crippen molar-refractivity contribution >= 4 is 92.7 Å². The van der Waals surface area contributed by atoms with Crippen molar-refractivity contribution in [1.29, 1.82) is 0 Å². The predicted octanol–water partition coefficient (Wildman–Crippen LogP) is 5.05. The van der Waals surface area contributed by atoms with Crippen LogP contribution in [0.15, 0.2) is 85.2 Å². The maximum absolute atomic E-state index is 13.0. The molecule has 2 aromatic carbocycles. The Morgan fingerprint density at radius 2 is 1.06 bits per heavy atom. The van der Waals surface area contributed by atoms with Crippen molar-refractivity contribution in [3.63, 3.8) is 0 Å². The standard InChI is InChI=1S/C22H19ClN4O5.C22H19ClN4O4/c1-12-11-26(20(29)13-5-3-2-4-6-13)7-8-27(12)21(30)19(28)15-10-24-17-14(22(31)32)9-16(23)25-18(15)17;1-13-11-26(21(30)14-5-3-2-4-6-14)7-8-27(13)22(31)20(29)16-10-24-18-15(12-28)9-17(23)25-19(16)18/h2-6,9-10,12,24H,7-8,11H2,1H3,(H,31,32);2-6,9-10,12-13,24H,7-8,11H2,1H3/t12-;13-/m11/s1. The van der Waals surface area contributed by atoms with E-state index in [1.165, 1.54) is 34.3 Å². The van der Waals surface area contributed by atoms with E-state index >= 15 is 0 Å². The van der Waals surface area contributed by atoms with Crippen LogP contribution in [0.2, 0.25) is 10.3 Å². The number of nitrogens with zero attached hydrogens (tertiary/aromatic N) is 6. The molecule has 19 heteroatoms. The van der Waals surface area contributed by atoms with Crippen molar-refractivity contribution in [2.45, 2.75) is 25.9 Å². The summed E-state index contributed by atoms with van der Waals surface area (Å²) < 4.78 is 0. The molecule has 2 fully saturated rings. The summed E-state index contributed by atoms with van der Waals surface area (Å²) in [6.45, 7) is 5.21. The van der Waals surface area contributed by atoms with Gasteiger partial charge in [0.05, 0.1) is 27.7 Å². The molecule has 2 atom stereocenters. The number of carboxylic acids is 1. The number of rotatable bonds is 8. The highest BCUT2D eigenvalue weighted by molar-refractivity contribution is 6.45. The first-order chi connectivity index (χ1) is 30.2. The van der Waals surface area contributed by atoms with Crippen molar-refractivity contribution in [3.8, 4) is 0 Å². The normalized spacial score (nSPS) is 16.3. The van der Waals surface area contributed by atoms with Crippen LogP contribution in [0, 0.1) is 0 Å². The fourth-order valence-corrected chi connectivity index (χ4v) is 8.07. The molecule has 0 spiro atoms. The second kappa shape index (κ2) is 18.4. The lowest BCUT2D eigenvalue weighted by atomic mass is 10.1. The number of carbonyl (C=O) groups is 8. The molecule has 4 aromatic heterocycles. The number of Topliss-reactive ketones (excluding diaryl/α,β-unsaturated/α-hetero) is 2. The van der Waals surface area contributed by atoms with Gasteiger partial charge in [0.15, 0.2) is 6.29 Å². The van der Waals surface area contributed by atoms with Gasteiger partial charge in [-0.1, -0.05) is 59.6 Å². The van der Waals surface area contributed by atoms with Gasteiger partial charge < -0.3 is 34.7 Å². The molecule has 0 radical (unpaired) electrons. The number of piperazine rings is 2. The zero-order valence-corrected chi connectivity index (χ0v) is 35.2. The van der Waals surface area contributed by atoms with E-state index in [0.717, 1.165) is 0 Å². The third kappa shape index (κ3) is 8.92. The fourth-order valence-electron chi connectivity index (χ4n) is 7.67. The number of ketones is 2. The Balaban J connectivity index is 0.000000189. The molecule has 4 amide bonds. The lowest BCUT2D eigenvalue weighted by Crippen LogP contribution is -2.56. The Kier molecular flexibility index (Phi) is 12.8. The molecule has 2 saturated heterocycles. The number of amides is 4. The van der Waals surface area contributed by atoms with E-state index in [4.69, 9.17) is 23.2 Å². The highest BCUT2D eigenvalue weighted by Crippen LogP contribution is 2.26. The molecule has 6 aromatic rings. The van der Waals surface area contributed by atoms with Gasteiger partial charge in [0.25, 0.3) is 35.2 Å². The first-order valence-electron chi connectivity index (χ1n) is 19.6. The summed E-state index contributed by atoms with van der Waals surface area (Å²) in [5.41, 5.74) is 1.93. The molecule has 63 heavy (non-hydrogen) atoms. The van der Waals surface area contributed by atoms with E-state index in [2.05, 4.69) is 19.9 Å². The summed E-state index contributed by atoms with van der Waals surface area (Å²) in [6.07, 6.45) is 3.23. The second-order valence-corrected chi connectivity index (χ2v) is 15.7. The SMILES string of the molecule is C[C@@H]1CN(C(=O)c2ccccc2)CCN1C(=O)C(=O)c1c[nH]c2c(C(=O)O)cc(Cl)nc12.C[C@@H]1CN(C(=O)c2ccccc2)CCN1C(=O)C(=O)c1c[nH]c2c(C=O)cc(Cl)nc12. The largest absolute Gasteiger partial charge is 0.478 e. The Bertz CT molecular complexity index is 2810. The Morgan fingerprint density at radius 1 is 0.635 bits per heavy atom.